The van der Waals surface area contributed by atoms with Gasteiger partial charge in [0.2, 0.25) is 0 Å². The van der Waals surface area contributed by atoms with E-state index in [9.17, 15) is 4.39 Å². The minimum Gasteiger partial charge on any atom is -0.482 e. The van der Waals surface area contributed by atoms with Gasteiger partial charge in [-0.25, -0.2) is 9.37 Å². The van der Waals surface area contributed by atoms with Crippen molar-refractivity contribution in [2.45, 2.75) is 25.5 Å². The summed E-state index contributed by atoms with van der Waals surface area (Å²) >= 11 is 0. The van der Waals surface area contributed by atoms with Gasteiger partial charge in [0.05, 0.1) is 30.3 Å². The topological polar surface area (TPSA) is 109 Å². The molecule has 0 aliphatic carbocycles. The average Bonchev–Trinajstić information content (AvgIpc) is 3.56. The van der Waals surface area contributed by atoms with Crippen LogP contribution in [-0.2, 0) is 0 Å². The second-order valence-electron chi connectivity index (χ2n) is 7.74. The van der Waals surface area contributed by atoms with Crippen LogP contribution < -0.4 is 15.8 Å². The minimum atomic E-state index is -0.529. The van der Waals surface area contributed by atoms with Crippen molar-refractivity contribution in [1.82, 2.24) is 35.1 Å². The molecule has 1 aliphatic rings. The molecule has 1 aromatic carbocycles. The summed E-state index contributed by atoms with van der Waals surface area (Å²) in [6.07, 6.45) is 9.16. The molecule has 1 fully saturated rings. The summed E-state index contributed by atoms with van der Waals surface area (Å²) in [5.74, 6) is 0.289. The normalized spacial score (nSPS) is 16.9. The van der Waals surface area contributed by atoms with E-state index in [1.54, 1.807) is 24.7 Å². The number of nitrogen functional groups attached to an aromatic ring is 1. The molecule has 4 heterocycles. The zero-order valence-corrected chi connectivity index (χ0v) is 17.5. The molecule has 3 N–H and O–H groups in total. The van der Waals surface area contributed by atoms with Crippen LogP contribution in [0.4, 0.5) is 10.2 Å². The average molecular weight is 434 g/mol. The highest BCUT2D eigenvalue weighted by molar-refractivity contribution is 5.66. The van der Waals surface area contributed by atoms with Gasteiger partial charge in [-0.1, -0.05) is 0 Å². The fourth-order valence-corrected chi connectivity index (χ4v) is 3.89. The highest BCUT2D eigenvalue weighted by atomic mass is 19.1. The molecule has 32 heavy (non-hydrogen) atoms. The van der Waals surface area contributed by atoms with Gasteiger partial charge in [-0.2, -0.15) is 20.1 Å². The first-order chi connectivity index (χ1) is 15.6. The maximum absolute atomic E-state index is 14.0. The molecule has 5 rings (SSSR count). The summed E-state index contributed by atoms with van der Waals surface area (Å²) in [4.78, 5) is 5.73. The number of nitrogens with two attached hydrogens (primary N) is 1. The number of hydrogen-bond acceptors (Lipinski definition) is 7. The Bertz CT molecular complexity index is 1220. The molecule has 3 aromatic heterocycles. The summed E-state index contributed by atoms with van der Waals surface area (Å²) in [7, 11) is 0. The van der Waals surface area contributed by atoms with Crippen LogP contribution in [0.2, 0.25) is 0 Å². The first-order valence-electron chi connectivity index (χ1n) is 10.4. The molecule has 4 aromatic rings. The van der Waals surface area contributed by atoms with Crippen molar-refractivity contribution in [3.63, 3.8) is 0 Å². The van der Waals surface area contributed by atoms with Crippen molar-refractivity contribution in [2.24, 2.45) is 0 Å². The third-order valence-electron chi connectivity index (χ3n) is 5.59. The van der Waals surface area contributed by atoms with Crippen molar-refractivity contribution in [3.8, 4) is 22.6 Å². The third-order valence-corrected chi connectivity index (χ3v) is 5.59. The Morgan fingerprint density at radius 3 is 2.78 bits per heavy atom. The molecule has 0 bridgehead atoms. The van der Waals surface area contributed by atoms with Gasteiger partial charge in [0.15, 0.2) is 11.6 Å². The Balaban J connectivity index is 1.42. The minimum absolute atomic E-state index is 0.253. The van der Waals surface area contributed by atoms with Gasteiger partial charge >= 0.3 is 0 Å². The highest BCUT2D eigenvalue weighted by Gasteiger charge is 2.20. The number of nitrogens with one attached hydrogen (secondary N) is 1. The number of ether oxygens (including phenoxy) is 1. The van der Waals surface area contributed by atoms with E-state index in [-0.39, 0.29) is 11.6 Å². The molecule has 0 saturated carbocycles. The van der Waals surface area contributed by atoms with Crippen LogP contribution in [0.5, 0.6) is 5.75 Å². The summed E-state index contributed by atoms with van der Waals surface area (Å²) in [6, 6.07) is 6.58. The Kier molecular flexibility index (Phi) is 5.28. The number of aromatic nitrogens is 6. The molecule has 1 aliphatic heterocycles. The van der Waals surface area contributed by atoms with Crippen LogP contribution in [0.25, 0.3) is 16.8 Å². The van der Waals surface area contributed by atoms with Crippen molar-refractivity contribution in [1.29, 1.82) is 0 Å². The molecular weight excluding hydrogens is 411 g/mol. The standard InChI is InChI=1S/C22H23FN8O/c1-14(19-9-17(23)2-3-20(19)31-27-6-7-28-31)32-21-8-15(10-26-22(21)24)16-11-29-30(13-16)18-4-5-25-12-18/h2-3,6-11,13-14,18,25H,4-5,12H2,1H3,(H2,24,26)/t14-,18?/m1/s1. The summed E-state index contributed by atoms with van der Waals surface area (Å²) < 4.78 is 22.1. The number of benzene rings is 1. The van der Waals surface area contributed by atoms with Crippen LogP contribution in [0, 0.1) is 5.82 Å². The van der Waals surface area contributed by atoms with Crippen LogP contribution in [0.15, 0.2) is 55.2 Å². The van der Waals surface area contributed by atoms with Gasteiger partial charge in [0.25, 0.3) is 0 Å². The summed E-state index contributed by atoms with van der Waals surface area (Å²) in [5.41, 5.74) is 9.07. The van der Waals surface area contributed by atoms with Gasteiger partial charge in [0, 0.05) is 35.6 Å². The second-order valence-corrected chi connectivity index (χ2v) is 7.74. The molecule has 164 valence electrons. The zero-order chi connectivity index (χ0) is 22.1. The van der Waals surface area contributed by atoms with E-state index in [1.807, 2.05) is 30.1 Å². The maximum Gasteiger partial charge on any atom is 0.166 e. The van der Waals surface area contributed by atoms with Gasteiger partial charge in [-0.15, -0.1) is 0 Å². The van der Waals surface area contributed by atoms with Crippen LogP contribution in [0.3, 0.4) is 0 Å². The first kappa shape index (κ1) is 20.1. The molecule has 10 heteroatoms. The summed E-state index contributed by atoms with van der Waals surface area (Å²) in [6.45, 7) is 3.72. The van der Waals surface area contributed by atoms with Crippen molar-refractivity contribution >= 4 is 5.82 Å². The fourth-order valence-electron chi connectivity index (χ4n) is 3.89. The number of nitrogens with zero attached hydrogens (tertiary/aromatic N) is 6. The Hall–Kier alpha value is -3.79. The first-order valence-corrected chi connectivity index (χ1v) is 10.4. The lowest BCUT2D eigenvalue weighted by atomic mass is 10.1. The highest BCUT2D eigenvalue weighted by Crippen LogP contribution is 2.32. The molecular formula is C22H23FN8O. The SMILES string of the molecule is C[C@@H](Oc1cc(-c2cnn(C3CCNC3)c2)cnc1N)c1cc(F)ccc1-n1nccn1. The Labute approximate surface area is 184 Å². The molecule has 9 nitrogen and oxygen atoms in total. The van der Waals surface area contributed by atoms with E-state index in [0.717, 1.165) is 30.6 Å². The van der Waals surface area contributed by atoms with E-state index in [4.69, 9.17) is 10.5 Å². The van der Waals surface area contributed by atoms with Gasteiger partial charge in [-0.3, -0.25) is 4.68 Å². The molecule has 0 amide bonds. The van der Waals surface area contributed by atoms with Crippen LogP contribution in [0.1, 0.15) is 31.1 Å². The quantitative estimate of drug-likeness (QED) is 0.480. The third kappa shape index (κ3) is 3.92. The predicted octanol–water partition coefficient (Wildman–Crippen LogP) is 2.92. The van der Waals surface area contributed by atoms with Crippen LogP contribution >= 0.6 is 0 Å². The Morgan fingerprint density at radius 1 is 1.16 bits per heavy atom. The molecule has 1 unspecified atom stereocenters. The molecule has 1 saturated heterocycles. The lowest BCUT2D eigenvalue weighted by Crippen LogP contribution is -2.13. The van der Waals surface area contributed by atoms with E-state index in [2.05, 4.69) is 25.6 Å². The summed E-state index contributed by atoms with van der Waals surface area (Å²) in [5, 5.41) is 16.1. The number of rotatable bonds is 6. The monoisotopic (exact) mass is 434 g/mol. The largest absolute Gasteiger partial charge is 0.482 e. The van der Waals surface area contributed by atoms with Gasteiger partial charge < -0.3 is 15.8 Å². The number of pyridine rings is 1. The number of anilines is 1. The van der Waals surface area contributed by atoms with Crippen molar-refractivity contribution < 1.29 is 9.13 Å². The predicted molar refractivity (Wildman–Crippen MR) is 117 cm³/mol. The lowest BCUT2D eigenvalue weighted by Gasteiger charge is -2.19. The number of halogens is 1. The van der Waals surface area contributed by atoms with E-state index in [1.165, 1.54) is 16.9 Å². The number of hydrogen-bond donors (Lipinski definition) is 2. The van der Waals surface area contributed by atoms with Crippen LogP contribution in [-0.4, -0.2) is 42.8 Å². The van der Waals surface area contributed by atoms with E-state index >= 15 is 0 Å². The second kappa shape index (κ2) is 8.39. The van der Waals surface area contributed by atoms with Crippen molar-refractivity contribution in [3.05, 3.63) is 66.6 Å². The van der Waals surface area contributed by atoms with E-state index in [0.29, 0.717) is 23.0 Å². The van der Waals surface area contributed by atoms with Gasteiger partial charge in [-0.05, 0) is 44.2 Å². The van der Waals surface area contributed by atoms with Crippen molar-refractivity contribution in [2.75, 3.05) is 18.8 Å². The van der Waals surface area contributed by atoms with E-state index < -0.39 is 6.10 Å². The molecule has 0 radical (unpaired) electrons. The zero-order valence-electron chi connectivity index (χ0n) is 17.5. The van der Waals surface area contributed by atoms with Gasteiger partial charge in [0.1, 0.15) is 11.9 Å². The molecule has 2 atom stereocenters. The maximum atomic E-state index is 14.0. The lowest BCUT2D eigenvalue weighted by molar-refractivity contribution is 0.226. The molecule has 0 spiro atoms. The smallest absolute Gasteiger partial charge is 0.166 e. The Morgan fingerprint density at radius 2 is 2.00 bits per heavy atom. The fraction of sp³-hybridized carbons (Fsp3) is 0.273.